The Morgan fingerprint density at radius 3 is 2.43 bits per heavy atom. The second-order valence-corrected chi connectivity index (χ2v) is 4.50. The third kappa shape index (κ3) is 1.98. The van der Waals surface area contributed by atoms with E-state index in [0.717, 1.165) is 32.2 Å². The Morgan fingerprint density at radius 2 is 1.86 bits per heavy atom. The fourth-order valence-electron chi connectivity index (χ4n) is 2.83. The van der Waals surface area contributed by atoms with E-state index in [9.17, 15) is 4.79 Å². The van der Waals surface area contributed by atoms with E-state index in [4.69, 9.17) is 5.11 Å². The largest absolute Gasteiger partial charge is 0.396 e. The number of rotatable bonds is 4. The van der Waals surface area contributed by atoms with Gasteiger partial charge in [0, 0.05) is 31.5 Å². The van der Waals surface area contributed by atoms with Gasteiger partial charge in [0.1, 0.15) is 5.78 Å². The number of Topliss-reactive ketones (excluding diaryl/α,β-unsaturated/α-hetero) is 1. The predicted octanol–water partition coefficient (Wildman–Crippen LogP) is 0.955. The zero-order valence-electron chi connectivity index (χ0n) is 8.61. The highest BCUT2D eigenvalue weighted by atomic mass is 16.2. The summed E-state index contributed by atoms with van der Waals surface area (Å²) in [6.45, 7) is 1.37. The number of fused-ring (bicyclic) bond motifs is 2. The lowest BCUT2D eigenvalue weighted by Gasteiger charge is -2.33. The van der Waals surface area contributed by atoms with Gasteiger partial charge >= 0.3 is 0 Å². The van der Waals surface area contributed by atoms with Crippen molar-refractivity contribution >= 4 is 5.78 Å². The summed E-state index contributed by atoms with van der Waals surface area (Å²) in [5.74, 6) is 0.455. The lowest BCUT2D eigenvalue weighted by atomic mass is 10.0. The summed E-state index contributed by atoms with van der Waals surface area (Å²) in [4.78, 5) is 13.8. The molecule has 0 aromatic heterocycles. The molecule has 2 bridgehead atoms. The van der Waals surface area contributed by atoms with Crippen molar-refractivity contribution in [2.45, 2.75) is 50.6 Å². The quantitative estimate of drug-likeness (QED) is 0.682. The number of hydrogen-bond donors (Lipinski definition) is 1. The van der Waals surface area contributed by atoms with Crippen molar-refractivity contribution in [1.29, 1.82) is 0 Å². The molecule has 80 valence electrons. The van der Waals surface area contributed by atoms with Crippen LogP contribution in [0.25, 0.3) is 0 Å². The summed E-state index contributed by atoms with van der Waals surface area (Å²) in [5.41, 5.74) is 0. The average Bonchev–Trinajstić information content (AvgIpc) is 2.42. The summed E-state index contributed by atoms with van der Waals surface area (Å²) in [7, 11) is 0. The van der Waals surface area contributed by atoms with Gasteiger partial charge in [-0.25, -0.2) is 0 Å². The molecule has 2 unspecified atom stereocenters. The van der Waals surface area contributed by atoms with Gasteiger partial charge in [0.05, 0.1) is 0 Å². The highest BCUT2D eigenvalue weighted by Crippen LogP contribution is 2.33. The second kappa shape index (κ2) is 4.41. The number of aliphatic hydroxyl groups excluding tert-OH is 1. The molecular weight excluding hydrogens is 178 g/mol. The number of unbranched alkanes of at least 4 members (excludes halogenated alkanes) is 1. The van der Waals surface area contributed by atoms with Crippen molar-refractivity contribution in [3.8, 4) is 0 Å². The van der Waals surface area contributed by atoms with E-state index in [2.05, 4.69) is 4.90 Å². The summed E-state index contributed by atoms with van der Waals surface area (Å²) >= 11 is 0. The molecule has 0 spiro atoms. The highest BCUT2D eigenvalue weighted by molar-refractivity contribution is 5.80. The van der Waals surface area contributed by atoms with Gasteiger partial charge in [-0.1, -0.05) is 0 Å². The molecule has 2 saturated heterocycles. The van der Waals surface area contributed by atoms with E-state index in [0.29, 0.717) is 24.5 Å². The molecule has 2 rings (SSSR count). The van der Waals surface area contributed by atoms with Crippen LogP contribution in [-0.4, -0.2) is 41.0 Å². The minimum Gasteiger partial charge on any atom is -0.396 e. The molecule has 2 heterocycles. The van der Waals surface area contributed by atoms with Crippen molar-refractivity contribution in [3.63, 3.8) is 0 Å². The molecule has 0 aromatic rings. The second-order valence-electron chi connectivity index (χ2n) is 4.50. The molecule has 2 fully saturated rings. The predicted molar refractivity (Wildman–Crippen MR) is 54.1 cm³/mol. The Kier molecular flexibility index (Phi) is 3.19. The van der Waals surface area contributed by atoms with E-state index < -0.39 is 0 Å². The van der Waals surface area contributed by atoms with Crippen molar-refractivity contribution in [2.75, 3.05) is 13.2 Å². The Balaban J connectivity index is 1.84. The van der Waals surface area contributed by atoms with Crippen molar-refractivity contribution in [2.24, 2.45) is 0 Å². The van der Waals surface area contributed by atoms with E-state index in [1.54, 1.807) is 0 Å². The molecule has 0 saturated carbocycles. The molecule has 0 aliphatic carbocycles. The van der Waals surface area contributed by atoms with Crippen molar-refractivity contribution < 1.29 is 9.90 Å². The molecule has 2 atom stereocenters. The first-order valence-corrected chi connectivity index (χ1v) is 5.69. The molecule has 3 heteroatoms. The van der Waals surface area contributed by atoms with E-state index in [1.807, 2.05) is 0 Å². The lowest BCUT2D eigenvalue weighted by Crippen LogP contribution is -2.43. The van der Waals surface area contributed by atoms with Gasteiger partial charge in [-0.2, -0.15) is 0 Å². The van der Waals surface area contributed by atoms with Crippen LogP contribution in [-0.2, 0) is 4.79 Å². The zero-order valence-corrected chi connectivity index (χ0v) is 8.61. The fourth-order valence-corrected chi connectivity index (χ4v) is 2.83. The van der Waals surface area contributed by atoms with Gasteiger partial charge < -0.3 is 5.11 Å². The maximum absolute atomic E-state index is 11.3. The van der Waals surface area contributed by atoms with Crippen LogP contribution in [0.2, 0.25) is 0 Å². The van der Waals surface area contributed by atoms with Crippen LogP contribution in [0.3, 0.4) is 0 Å². The molecule has 1 N–H and O–H groups in total. The molecule has 0 amide bonds. The highest BCUT2D eigenvalue weighted by Gasteiger charge is 2.39. The number of nitrogens with zero attached hydrogens (tertiary/aromatic N) is 1. The number of ketones is 1. The van der Waals surface area contributed by atoms with Crippen LogP contribution in [0.4, 0.5) is 0 Å². The van der Waals surface area contributed by atoms with E-state index >= 15 is 0 Å². The average molecular weight is 197 g/mol. The summed E-state index contributed by atoms with van der Waals surface area (Å²) < 4.78 is 0. The Morgan fingerprint density at radius 1 is 1.21 bits per heavy atom. The monoisotopic (exact) mass is 197 g/mol. The SMILES string of the molecule is O=C1CC2CCC(C1)N2CCCCO. The number of piperidine rings is 1. The smallest absolute Gasteiger partial charge is 0.136 e. The Labute approximate surface area is 85.1 Å². The minimum atomic E-state index is 0.294. The van der Waals surface area contributed by atoms with Gasteiger partial charge in [-0.15, -0.1) is 0 Å². The standard InChI is InChI=1S/C11H19NO2/c13-6-2-1-5-12-9-3-4-10(12)8-11(14)7-9/h9-10,13H,1-8H2. The van der Waals surface area contributed by atoms with Gasteiger partial charge in [0.25, 0.3) is 0 Å². The third-order valence-electron chi connectivity index (χ3n) is 3.52. The van der Waals surface area contributed by atoms with Gasteiger partial charge in [-0.05, 0) is 32.2 Å². The molecular formula is C11H19NO2. The molecule has 3 nitrogen and oxygen atoms in total. The fraction of sp³-hybridized carbons (Fsp3) is 0.909. The molecule has 14 heavy (non-hydrogen) atoms. The van der Waals surface area contributed by atoms with Gasteiger partial charge in [0.15, 0.2) is 0 Å². The zero-order chi connectivity index (χ0) is 9.97. The number of hydrogen-bond acceptors (Lipinski definition) is 3. The van der Waals surface area contributed by atoms with E-state index in [-0.39, 0.29) is 0 Å². The first-order valence-electron chi connectivity index (χ1n) is 5.69. The van der Waals surface area contributed by atoms with Crippen LogP contribution in [0.5, 0.6) is 0 Å². The first-order chi connectivity index (χ1) is 6.81. The molecule has 0 aromatic carbocycles. The summed E-state index contributed by atoms with van der Waals surface area (Å²) in [6.07, 6.45) is 5.91. The van der Waals surface area contributed by atoms with Crippen molar-refractivity contribution in [3.05, 3.63) is 0 Å². The number of carbonyl (C=O) groups excluding carboxylic acids is 1. The summed E-state index contributed by atoms with van der Waals surface area (Å²) in [5, 5.41) is 8.71. The summed E-state index contributed by atoms with van der Waals surface area (Å²) in [6, 6.07) is 1.06. The van der Waals surface area contributed by atoms with Crippen LogP contribution in [0.15, 0.2) is 0 Å². The maximum atomic E-state index is 11.3. The first kappa shape index (κ1) is 10.1. The van der Waals surface area contributed by atoms with Crippen LogP contribution in [0.1, 0.15) is 38.5 Å². The van der Waals surface area contributed by atoms with Crippen molar-refractivity contribution in [1.82, 2.24) is 4.90 Å². The lowest BCUT2D eigenvalue weighted by molar-refractivity contribution is -0.123. The van der Waals surface area contributed by atoms with E-state index in [1.165, 1.54) is 12.8 Å². The van der Waals surface area contributed by atoms with Crippen LogP contribution in [0, 0.1) is 0 Å². The number of aliphatic hydroxyl groups is 1. The third-order valence-corrected chi connectivity index (χ3v) is 3.52. The molecule has 2 aliphatic rings. The minimum absolute atomic E-state index is 0.294. The van der Waals surface area contributed by atoms with Gasteiger partial charge in [-0.3, -0.25) is 9.69 Å². The van der Waals surface area contributed by atoms with Crippen LogP contribution < -0.4 is 0 Å². The Hall–Kier alpha value is -0.410. The number of carbonyl (C=O) groups is 1. The Bertz CT molecular complexity index is 201. The van der Waals surface area contributed by atoms with Gasteiger partial charge in [0.2, 0.25) is 0 Å². The topological polar surface area (TPSA) is 40.5 Å². The maximum Gasteiger partial charge on any atom is 0.136 e. The molecule has 2 aliphatic heterocycles. The normalized spacial score (nSPS) is 32.5. The molecule has 0 radical (unpaired) electrons. The van der Waals surface area contributed by atoms with Crippen LogP contribution >= 0.6 is 0 Å².